The Kier molecular flexibility index (Phi) is 4.42. The lowest BCUT2D eigenvalue weighted by Crippen LogP contribution is -2.35. The van der Waals surface area contributed by atoms with Gasteiger partial charge in [0, 0.05) is 12.7 Å². The molecule has 1 aliphatic rings. The molecule has 126 valence electrons. The molecule has 2 heterocycles. The van der Waals surface area contributed by atoms with Crippen LogP contribution in [0, 0.1) is 0 Å². The van der Waals surface area contributed by atoms with Crippen molar-refractivity contribution in [2.75, 3.05) is 11.9 Å². The molecule has 0 spiro atoms. The number of nitrogens with one attached hydrogen (secondary N) is 1. The van der Waals surface area contributed by atoms with Crippen LogP contribution in [0.15, 0.2) is 48.7 Å². The summed E-state index contributed by atoms with van der Waals surface area (Å²) in [4.78, 5) is 18.3. The molecule has 24 heavy (non-hydrogen) atoms. The fourth-order valence-corrected chi connectivity index (χ4v) is 2.92. The molecule has 0 saturated carbocycles. The van der Waals surface area contributed by atoms with Crippen molar-refractivity contribution in [3.8, 4) is 0 Å². The standard InChI is InChI=1S/C17H16F3N3O/c18-17(19,20)12-6-1-2-7-13(12)22-16(24)23-11-5-9-15(23)14-8-3-4-10-21-14/h1-4,6-8,10,15H,5,9,11H2,(H,22,24)/t15-/m0/s1. The van der Waals surface area contributed by atoms with Crippen LogP contribution in [-0.2, 0) is 6.18 Å². The van der Waals surface area contributed by atoms with Gasteiger partial charge in [-0.1, -0.05) is 18.2 Å². The minimum Gasteiger partial charge on any atom is -0.316 e. The SMILES string of the molecule is O=C(Nc1ccccc1C(F)(F)F)N1CCC[C@H]1c1ccccn1. The van der Waals surface area contributed by atoms with Crippen LogP contribution in [0.25, 0.3) is 0 Å². The first-order valence-corrected chi connectivity index (χ1v) is 7.61. The fraction of sp³-hybridized carbons (Fsp3) is 0.294. The summed E-state index contributed by atoms with van der Waals surface area (Å²) in [6.45, 7) is 0.487. The van der Waals surface area contributed by atoms with E-state index in [1.807, 2.05) is 12.1 Å². The maximum atomic E-state index is 13.0. The largest absolute Gasteiger partial charge is 0.418 e. The van der Waals surface area contributed by atoms with Crippen LogP contribution < -0.4 is 5.32 Å². The van der Waals surface area contributed by atoms with Crippen molar-refractivity contribution in [3.63, 3.8) is 0 Å². The van der Waals surface area contributed by atoms with Gasteiger partial charge in [-0.25, -0.2) is 4.79 Å². The number of halogens is 3. The van der Waals surface area contributed by atoms with Gasteiger partial charge in [-0.2, -0.15) is 13.2 Å². The molecule has 3 rings (SSSR count). The zero-order valence-electron chi connectivity index (χ0n) is 12.8. The molecule has 1 atom stereocenters. The van der Waals surface area contributed by atoms with Gasteiger partial charge in [-0.3, -0.25) is 4.98 Å². The predicted octanol–water partition coefficient (Wildman–Crippen LogP) is 4.47. The van der Waals surface area contributed by atoms with Gasteiger partial charge >= 0.3 is 12.2 Å². The summed E-state index contributed by atoms with van der Waals surface area (Å²) in [5.41, 5.74) is -0.345. The zero-order valence-corrected chi connectivity index (χ0v) is 12.8. The molecule has 1 saturated heterocycles. The highest BCUT2D eigenvalue weighted by atomic mass is 19.4. The van der Waals surface area contributed by atoms with E-state index in [0.29, 0.717) is 6.54 Å². The number of alkyl halides is 3. The number of likely N-dealkylation sites (tertiary alicyclic amines) is 1. The molecule has 1 aromatic carbocycles. The van der Waals surface area contributed by atoms with Crippen molar-refractivity contribution in [1.82, 2.24) is 9.88 Å². The Balaban J connectivity index is 1.81. The summed E-state index contributed by atoms with van der Waals surface area (Å²) in [5, 5.41) is 2.40. The minimum atomic E-state index is -4.52. The van der Waals surface area contributed by atoms with E-state index in [-0.39, 0.29) is 11.7 Å². The molecule has 0 unspecified atom stereocenters. The molecule has 1 fully saturated rings. The molecule has 1 aliphatic heterocycles. The highest BCUT2D eigenvalue weighted by molar-refractivity contribution is 5.90. The van der Waals surface area contributed by atoms with Crippen LogP contribution in [0.2, 0.25) is 0 Å². The molecular weight excluding hydrogens is 319 g/mol. The first kappa shape index (κ1) is 16.3. The molecule has 2 aromatic rings. The van der Waals surface area contributed by atoms with E-state index >= 15 is 0 Å². The average Bonchev–Trinajstić information content (AvgIpc) is 3.05. The lowest BCUT2D eigenvalue weighted by atomic mass is 10.1. The molecule has 4 nitrogen and oxygen atoms in total. The smallest absolute Gasteiger partial charge is 0.316 e. The molecule has 2 amide bonds. The highest BCUT2D eigenvalue weighted by Crippen LogP contribution is 2.36. The average molecular weight is 335 g/mol. The Morgan fingerprint density at radius 1 is 1.17 bits per heavy atom. The van der Waals surface area contributed by atoms with Gasteiger partial charge in [0.05, 0.1) is 23.0 Å². The van der Waals surface area contributed by atoms with Gasteiger partial charge in [0.2, 0.25) is 0 Å². The highest BCUT2D eigenvalue weighted by Gasteiger charge is 2.35. The summed E-state index contributed by atoms with van der Waals surface area (Å²) >= 11 is 0. The first-order valence-electron chi connectivity index (χ1n) is 7.61. The molecule has 1 aromatic heterocycles. The van der Waals surface area contributed by atoms with Crippen LogP contribution in [0.4, 0.5) is 23.7 Å². The van der Waals surface area contributed by atoms with Gasteiger partial charge in [0.15, 0.2) is 0 Å². The monoisotopic (exact) mass is 335 g/mol. The molecule has 7 heteroatoms. The maximum absolute atomic E-state index is 13.0. The number of carbonyl (C=O) groups excluding carboxylic acids is 1. The molecular formula is C17H16F3N3O. The third-order valence-corrected chi connectivity index (χ3v) is 4.02. The lowest BCUT2D eigenvalue weighted by molar-refractivity contribution is -0.136. The number of anilines is 1. The lowest BCUT2D eigenvalue weighted by Gasteiger charge is -2.25. The number of benzene rings is 1. The number of nitrogens with zero attached hydrogens (tertiary/aromatic N) is 2. The topological polar surface area (TPSA) is 45.2 Å². The Morgan fingerprint density at radius 2 is 1.92 bits per heavy atom. The van der Waals surface area contributed by atoms with E-state index in [4.69, 9.17) is 0 Å². The number of para-hydroxylation sites is 1. The summed E-state index contributed by atoms with van der Waals surface area (Å²) in [6, 6.07) is 9.64. The second-order valence-corrected chi connectivity index (χ2v) is 5.58. The van der Waals surface area contributed by atoms with Crippen LogP contribution in [0.5, 0.6) is 0 Å². The van der Waals surface area contributed by atoms with E-state index in [9.17, 15) is 18.0 Å². The van der Waals surface area contributed by atoms with Crippen LogP contribution >= 0.6 is 0 Å². The van der Waals surface area contributed by atoms with Gasteiger partial charge in [0.25, 0.3) is 0 Å². The summed E-state index contributed by atoms with van der Waals surface area (Å²) in [5.74, 6) is 0. The quantitative estimate of drug-likeness (QED) is 0.880. The number of hydrogen-bond donors (Lipinski definition) is 1. The molecule has 0 radical (unpaired) electrons. The summed E-state index contributed by atoms with van der Waals surface area (Å²) in [7, 11) is 0. The summed E-state index contributed by atoms with van der Waals surface area (Å²) in [6.07, 6.45) is -1.35. The van der Waals surface area contributed by atoms with Gasteiger partial charge in [-0.15, -0.1) is 0 Å². The predicted molar refractivity (Wildman–Crippen MR) is 83.4 cm³/mol. The molecule has 0 aliphatic carbocycles. The fourth-order valence-electron chi connectivity index (χ4n) is 2.92. The van der Waals surface area contributed by atoms with Gasteiger partial charge < -0.3 is 10.2 Å². The van der Waals surface area contributed by atoms with Crippen LogP contribution in [-0.4, -0.2) is 22.5 Å². The number of urea groups is 1. The number of pyridine rings is 1. The van der Waals surface area contributed by atoms with Crippen LogP contribution in [0.3, 0.4) is 0 Å². The van der Waals surface area contributed by atoms with Gasteiger partial charge in [-0.05, 0) is 37.1 Å². The van der Waals surface area contributed by atoms with E-state index in [1.54, 1.807) is 12.3 Å². The maximum Gasteiger partial charge on any atom is 0.418 e. The van der Waals surface area contributed by atoms with Crippen molar-refractivity contribution in [2.45, 2.75) is 25.1 Å². The van der Waals surface area contributed by atoms with E-state index < -0.39 is 17.8 Å². The third kappa shape index (κ3) is 3.34. The second-order valence-electron chi connectivity index (χ2n) is 5.58. The van der Waals surface area contributed by atoms with Crippen molar-refractivity contribution in [2.24, 2.45) is 0 Å². The first-order chi connectivity index (χ1) is 11.5. The zero-order chi connectivity index (χ0) is 17.2. The summed E-state index contributed by atoms with van der Waals surface area (Å²) < 4.78 is 39.1. The van der Waals surface area contributed by atoms with E-state index in [2.05, 4.69) is 10.3 Å². The number of rotatable bonds is 2. The van der Waals surface area contributed by atoms with E-state index in [0.717, 1.165) is 24.6 Å². The Bertz CT molecular complexity index is 719. The van der Waals surface area contributed by atoms with Crippen molar-refractivity contribution in [1.29, 1.82) is 0 Å². The number of amides is 2. The molecule has 0 bridgehead atoms. The van der Waals surface area contributed by atoms with E-state index in [1.165, 1.54) is 23.1 Å². The van der Waals surface area contributed by atoms with Crippen molar-refractivity contribution in [3.05, 3.63) is 59.9 Å². The number of aromatic nitrogens is 1. The Hall–Kier alpha value is -2.57. The minimum absolute atomic E-state index is 0.218. The Morgan fingerprint density at radius 3 is 2.62 bits per heavy atom. The third-order valence-electron chi connectivity index (χ3n) is 4.02. The number of carbonyl (C=O) groups is 1. The van der Waals surface area contributed by atoms with Crippen LogP contribution in [0.1, 0.15) is 30.1 Å². The normalized spacial score (nSPS) is 17.8. The van der Waals surface area contributed by atoms with Crippen molar-refractivity contribution >= 4 is 11.7 Å². The van der Waals surface area contributed by atoms with Gasteiger partial charge in [0.1, 0.15) is 0 Å². The Labute approximate surface area is 137 Å². The van der Waals surface area contributed by atoms with Crippen molar-refractivity contribution < 1.29 is 18.0 Å². The second kappa shape index (κ2) is 6.51. The number of hydrogen-bond acceptors (Lipinski definition) is 2. The molecule has 1 N–H and O–H groups in total.